The lowest BCUT2D eigenvalue weighted by atomic mass is 9.84. The van der Waals surface area contributed by atoms with Gasteiger partial charge in [-0.1, -0.05) is 19.9 Å². The molecule has 0 spiro atoms. The Labute approximate surface area is 210 Å². The predicted octanol–water partition coefficient (Wildman–Crippen LogP) is 2.24. The van der Waals surface area contributed by atoms with Crippen molar-refractivity contribution in [3.63, 3.8) is 0 Å². The van der Waals surface area contributed by atoms with Crippen LogP contribution in [0.5, 0.6) is 11.5 Å². The zero-order valence-electron chi connectivity index (χ0n) is 20.4. The van der Waals surface area contributed by atoms with E-state index < -0.39 is 5.60 Å². The van der Waals surface area contributed by atoms with Gasteiger partial charge in [0.25, 0.3) is 0 Å². The zero-order valence-corrected chi connectivity index (χ0v) is 22.7. The number of aliphatic imine (C=N–C) groups is 1. The lowest BCUT2D eigenvalue weighted by molar-refractivity contribution is -0.0180. The van der Waals surface area contributed by atoms with Gasteiger partial charge in [0, 0.05) is 38.1 Å². The largest absolute Gasteiger partial charge is 0.493 e. The Hall–Kier alpha value is -1.30. The molecule has 32 heavy (non-hydrogen) atoms. The summed E-state index contributed by atoms with van der Waals surface area (Å²) < 4.78 is 16.2. The van der Waals surface area contributed by atoms with Crippen molar-refractivity contribution in [3.8, 4) is 11.5 Å². The highest BCUT2D eigenvalue weighted by molar-refractivity contribution is 14.0. The Balaban J connectivity index is 0.00000512. The van der Waals surface area contributed by atoms with E-state index >= 15 is 0 Å². The lowest BCUT2D eigenvalue weighted by Crippen LogP contribution is -2.48. The van der Waals surface area contributed by atoms with Crippen LogP contribution in [0.4, 0.5) is 0 Å². The van der Waals surface area contributed by atoms with Gasteiger partial charge in [0.15, 0.2) is 17.5 Å². The van der Waals surface area contributed by atoms with Crippen LogP contribution in [-0.2, 0) is 10.2 Å². The molecule has 1 saturated heterocycles. The molecule has 1 aromatic rings. The second-order valence-electron chi connectivity index (χ2n) is 8.89. The molecule has 1 unspecified atom stereocenters. The van der Waals surface area contributed by atoms with Gasteiger partial charge in [-0.25, -0.2) is 0 Å². The molecule has 9 heteroatoms. The Kier molecular flexibility index (Phi) is 12.0. The standard InChI is InChI=1S/C23H40N4O4.HI/c1-7-24-21(26-16-23(4,28)17-27-10-12-31-13-11-27)25-15-22(2,3)18-8-9-19(29-5)20(14-18)30-6;/h8-9,14,28H,7,10-13,15-17H2,1-6H3,(H2,24,25,26);1H. The van der Waals surface area contributed by atoms with Gasteiger partial charge in [-0.2, -0.15) is 0 Å². The van der Waals surface area contributed by atoms with Crippen LogP contribution < -0.4 is 20.1 Å². The number of nitrogens with zero attached hydrogens (tertiary/aromatic N) is 2. The fourth-order valence-corrected chi connectivity index (χ4v) is 3.55. The fraction of sp³-hybridized carbons (Fsp3) is 0.696. The number of guanidine groups is 1. The summed E-state index contributed by atoms with van der Waals surface area (Å²) >= 11 is 0. The van der Waals surface area contributed by atoms with E-state index in [2.05, 4.69) is 40.4 Å². The highest BCUT2D eigenvalue weighted by Gasteiger charge is 2.26. The predicted molar refractivity (Wildman–Crippen MR) is 140 cm³/mol. The Morgan fingerprint density at radius 1 is 1.12 bits per heavy atom. The van der Waals surface area contributed by atoms with Gasteiger partial charge in [0.2, 0.25) is 0 Å². The van der Waals surface area contributed by atoms with Crippen LogP contribution in [0.1, 0.15) is 33.3 Å². The number of rotatable bonds is 10. The first-order valence-electron chi connectivity index (χ1n) is 11.0. The first-order valence-corrected chi connectivity index (χ1v) is 11.0. The number of halogens is 1. The summed E-state index contributed by atoms with van der Waals surface area (Å²) in [6.07, 6.45) is 0. The molecular weight excluding hydrogens is 523 g/mol. The first kappa shape index (κ1) is 28.7. The fourth-order valence-electron chi connectivity index (χ4n) is 3.55. The molecule has 1 fully saturated rings. The highest BCUT2D eigenvalue weighted by Crippen LogP contribution is 2.32. The third-order valence-corrected chi connectivity index (χ3v) is 5.45. The van der Waals surface area contributed by atoms with Gasteiger partial charge in [-0.15, -0.1) is 24.0 Å². The maximum atomic E-state index is 10.8. The van der Waals surface area contributed by atoms with Crippen LogP contribution in [0.2, 0.25) is 0 Å². The Bertz CT molecular complexity index is 722. The molecule has 0 amide bonds. The van der Waals surface area contributed by atoms with Gasteiger partial charge >= 0.3 is 0 Å². The molecule has 0 saturated carbocycles. The van der Waals surface area contributed by atoms with E-state index in [1.165, 1.54) is 0 Å². The van der Waals surface area contributed by atoms with Crippen molar-refractivity contribution in [1.82, 2.24) is 15.5 Å². The van der Waals surface area contributed by atoms with Crippen molar-refractivity contribution in [2.75, 3.05) is 66.7 Å². The number of hydrogen-bond donors (Lipinski definition) is 3. The van der Waals surface area contributed by atoms with Crippen LogP contribution in [0, 0.1) is 0 Å². The Morgan fingerprint density at radius 2 is 1.78 bits per heavy atom. The van der Waals surface area contributed by atoms with Crippen LogP contribution in [0.3, 0.4) is 0 Å². The molecule has 1 heterocycles. The molecule has 3 N–H and O–H groups in total. The number of morpholine rings is 1. The molecule has 2 rings (SSSR count). The molecule has 0 aromatic heterocycles. The van der Waals surface area contributed by atoms with E-state index in [0.29, 0.717) is 37.1 Å². The van der Waals surface area contributed by atoms with Crippen LogP contribution in [0.25, 0.3) is 0 Å². The third-order valence-electron chi connectivity index (χ3n) is 5.45. The average Bonchev–Trinajstić information content (AvgIpc) is 2.75. The minimum absolute atomic E-state index is 0. The average molecular weight is 565 g/mol. The maximum absolute atomic E-state index is 10.8. The molecule has 8 nitrogen and oxygen atoms in total. The second-order valence-corrected chi connectivity index (χ2v) is 8.89. The molecule has 0 radical (unpaired) electrons. The summed E-state index contributed by atoms with van der Waals surface area (Å²) in [7, 11) is 3.28. The van der Waals surface area contributed by atoms with Crippen molar-refractivity contribution in [2.24, 2.45) is 4.99 Å². The van der Waals surface area contributed by atoms with Crippen molar-refractivity contribution >= 4 is 29.9 Å². The van der Waals surface area contributed by atoms with Gasteiger partial charge in [0.1, 0.15) is 0 Å². The molecule has 1 aliphatic heterocycles. The minimum Gasteiger partial charge on any atom is -0.493 e. The zero-order chi connectivity index (χ0) is 22.9. The smallest absolute Gasteiger partial charge is 0.191 e. The number of hydrogen-bond acceptors (Lipinski definition) is 6. The Morgan fingerprint density at radius 3 is 2.38 bits per heavy atom. The van der Waals surface area contributed by atoms with E-state index in [1.54, 1.807) is 14.2 Å². The maximum Gasteiger partial charge on any atom is 0.191 e. The normalized spacial score (nSPS) is 17.2. The quantitative estimate of drug-likeness (QED) is 0.228. The highest BCUT2D eigenvalue weighted by atomic mass is 127. The topological polar surface area (TPSA) is 87.6 Å². The summed E-state index contributed by atoms with van der Waals surface area (Å²) in [5, 5.41) is 17.5. The molecular formula is C23H41IN4O4. The van der Waals surface area contributed by atoms with E-state index in [4.69, 9.17) is 14.2 Å². The number of β-amino-alcohol motifs (C(OH)–C–C–N with tert-alkyl or cyclic N) is 1. The van der Waals surface area contributed by atoms with E-state index in [1.807, 2.05) is 26.0 Å². The number of nitrogens with one attached hydrogen (secondary N) is 2. The minimum atomic E-state index is -0.904. The monoisotopic (exact) mass is 564 g/mol. The molecule has 1 aliphatic rings. The molecule has 0 bridgehead atoms. The number of methoxy groups -OCH3 is 2. The second kappa shape index (κ2) is 13.4. The first-order chi connectivity index (χ1) is 14.7. The third kappa shape index (κ3) is 8.92. The summed E-state index contributed by atoms with van der Waals surface area (Å²) in [6.45, 7) is 13.6. The summed E-state index contributed by atoms with van der Waals surface area (Å²) in [4.78, 5) is 6.87. The number of benzene rings is 1. The van der Waals surface area contributed by atoms with Crippen LogP contribution in [0.15, 0.2) is 23.2 Å². The van der Waals surface area contributed by atoms with Crippen LogP contribution >= 0.6 is 24.0 Å². The van der Waals surface area contributed by atoms with E-state index in [-0.39, 0.29) is 29.4 Å². The van der Waals surface area contributed by atoms with Crippen molar-refractivity contribution in [1.29, 1.82) is 0 Å². The number of aliphatic hydroxyl groups is 1. The van der Waals surface area contributed by atoms with Crippen molar-refractivity contribution in [3.05, 3.63) is 23.8 Å². The van der Waals surface area contributed by atoms with Crippen LogP contribution in [-0.4, -0.2) is 88.3 Å². The summed E-state index contributed by atoms with van der Waals surface area (Å²) in [5.74, 6) is 2.12. The molecule has 184 valence electrons. The molecule has 1 aromatic carbocycles. The van der Waals surface area contributed by atoms with Gasteiger partial charge < -0.3 is 30.0 Å². The van der Waals surface area contributed by atoms with E-state index in [0.717, 1.165) is 38.4 Å². The molecule has 1 atom stereocenters. The number of ether oxygens (including phenoxy) is 3. The SMILES string of the molecule is CCNC(=NCC(C)(O)CN1CCOCC1)NCC(C)(C)c1ccc(OC)c(OC)c1.I. The summed E-state index contributed by atoms with van der Waals surface area (Å²) in [6, 6.07) is 6.00. The lowest BCUT2D eigenvalue weighted by Gasteiger charge is -2.33. The van der Waals surface area contributed by atoms with Gasteiger partial charge in [-0.05, 0) is 31.5 Å². The van der Waals surface area contributed by atoms with E-state index in [9.17, 15) is 5.11 Å². The summed E-state index contributed by atoms with van der Waals surface area (Å²) in [5.41, 5.74) is 0.0535. The molecule has 0 aliphatic carbocycles. The van der Waals surface area contributed by atoms with Crippen molar-refractivity contribution < 1.29 is 19.3 Å². The van der Waals surface area contributed by atoms with Gasteiger partial charge in [0.05, 0.1) is 39.6 Å². The van der Waals surface area contributed by atoms with Gasteiger partial charge in [-0.3, -0.25) is 9.89 Å². The van der Waals surface area contributed by atoms with Crippen molar-refractivity contribution in [2.45, 2.75) is 38.7 Å².